The molecule has 0 saturated heterocycles. The number of carbonyl (C=O) groups is 1. The molecule has 0 aliphatic rings. The first-order valence-corrected chi connectivity index (χ1v) is 10.0. The van der Waals surface area contributed by atoms with Crippen LogP contribution in [-0.2, 0) is 17.8 Å². The molecule has 0 atom stereocenters. The van der Waals surface area contributed by atoms with E-state index >= 15 is 0 Å². The monoisotopic (exact) mass is 471 g/mol. The number of alkyl halides is 2. The molecule has 2 aromatic heterocycles. The Morgan fingerprint density at radius 2 is 2.21 bits per heavy atom. The highest BCUT2D eigenvalue weighted by atomic mass is 79.9. The summed E-state index contributed by atoms with van der Waals surface area (Å²) in [5.41, 5.74) is 0.459. The van der Waals surface area contributed by atoms with Crippen molar-refractivity contribution in [2.75, 3.05) is 0 Å². The average Bonchev–Trinajstić information content (AvgIpc) is 3.33. The van der Waals surface area contributed by atoms with Gasteiger partial charge in [-0.2, -0.15) is 13.8 Å². The molecule has 0 aliphatic heterocycles. The van der Waals surface area contributed by atoms with Gasteiger partial charge < -0.3 is 14.6 Å². The van der Waals surface area contributed by atoms with Crippen LogP contribution in [0.15, 0.2) is 44.7 Å². The molecular weight excluding hydrogens is 456 g/mol. The van der Waals surface area contributed by atoms with Crippen LogP contribution in [0.25, 0.3) is 10.7 Å². The molecule has 148 valence electrons. The van der Waals surface area contributed by atoms with Crippen molar-refractivity contribution in [3.05, 3.63) is 51.6 Å². The van der Waals surface area contributed by atoms with E-state index < -0.39 is 6.61 Å². The predicted molar refractivity (Wildman–Crippen MR) is 103 cm³/mol. The second-order valence-corrected chi connectivity index (χ2v) is 7.61. The van der Waals surface area contributed by atoms with Gasteiger partial charge in [-0.15, -0.1) is 11.3 Å². The maximum atomic E-state index is 12.5. The molecule has 10 heteroatoms. The van der Waals surface area contributed by atoms with Gasteiger partial charge in [-0.1, -0.05) is 27.2 Å². The number of halogens is 3. The zero-order chi connectivity index (χ0) is 19.9. The van der Waals surface area contributed by atoms with E-state index in [1.165, 1.54) is 17.4 Å². The number of thiophene rings is 1. The van der Waals surface area contributed by atoms with Crippen LogP contribution >= 0.6 is 27.3 Å². The van der Waals surface area contributed by atoms with Gasteiger partial charge in [0.25, 0.3) is 0 Å². The van der Waals surface area contributed by atoms with Gasteiger partial charge in [0.1, 0.15) is 5.75 Å². The lowest BCUT2D eigenvalue weighted by molar-refractivity contribution is -0.121. The van der Waals surface area contributed by atoms with Crippen LogP contribution < -0.4 is 10.1 Å². The summed E-state index contributed by atoms with van der Waals surface area (Å²) in [5, 5.41) is 8.55. The highest BCUT2D eigenvalue weighted by Gasteiger charge is 2.13. The SMILES string of the molecule is O=C(CCCc1nc(-c2cccs2)no1)NCc1cc(Br)ccc1OC(F)F. The Bertz CT molecular complexity index is 919. The molecule has 1 amide bonds. The largest absolute Gasteiger partial charge is 0.434 e. The molecule has 0 saturated carbocycles. The second kappa shape index (κ2) is 9.74. The van der Waals surface area contributed by atoms with Crippen molar-refractivity contribution in [2.24, 2.45) is 0 Å². The lowest BCUT2D eigenvalue weighted by Gasteiger charge is -2.12. The molecule has 2 heterocycles. The topological polar surface area (TPSA) is 77.2 Å². The highest BCUT2D eigenvalue weighted by molar-refractivity contribution is 9.10. The minimum atomic E-state index is -2.93. The summed E-state index contributed by atoms with van der Waals surface area (Å²) in [6, 6.07) is 8.46. The summed E-state index contributed by atoms with van der Waals surface area (Å²) in [4.78, 5) is 17.3. The number of ether oxygens (including phenoxy) is 1. The van der Waals surface area contributed by atoms with Crippen molar-refractivity contribution in [1.82, 2.24) is 15.5 Å². The average molecular weight is 472 g/mol. The van der Waals surface area contributed by atoms with Gasteiger partial charge >= 0.3 is 6.61 Å². The van der Waals surface area contributed by atoms with E-state index in [0.717, 1.165) is 4.88 Å². The van der Waals surface area contributed by atoms with E-state index in [9.17, 15) is 13.6 Å². The Morgan fingerprint density at radius 1 is 1.36 bits per heavy atom. The number of aryl methyl sites for hydroxylation is 1. The van der Waals surface area contributed by atoms with Crippen LogP contribution in [0.2, 0.25) is 0 Å². The fraction of sp³-hybridized carbons (Fsp3) is 0.278. The van der Waals surface area contributed by atoms with E-state index in [2.05, 4.69) is 36.1 Å². The Hall–Kier alpha value is -2.33. The first-order chi connectivity index (χ1) is 13.5. The van der Waals surface area contributed by atoms with E-state index in [0.29, 0.717) is 34.6 Å². The summed E-state index contributed by atoms with van der Waals surface area (Å²) < 4.78 is 35.3. The molecule has 28 heavy (non-hydrogen) atoms. The number of benzene rings is 1. The van der Waals surface area contributed by atoms with Crippen molar-refractivity contribution in [1.29, 1.82) is 0 Å². The quantitative estimate of drug-likeness (QED) is 0.484. The number of amides is 1. The van der Waals surface area contributed by atoms with E-state index in [4.69, 9.17) is 4.52 Å². The van der Waals surface area contributed by atoms with Gasteiger partial charge in [0, 0.05) is 29.4 Å². The fourth-order valence-electron chi connectivity index (χ4n) is 2.44. The van der Waals surface area contributed by atoms with Crippen LogP contribution in [-0.4, -0.2) is 22.7 Å². The smallest absolute Gasteiger partial charge is 0.387 e. The van der Waals surface area contributed by atoms with Crippen LogP contribution in [0.1, 0.15) is 24.3 Å². The summed E-state index contributed by atoms with van der Waals surface area (Å²) >= 11 is 4.79. The maximum Gasteiger partial charge on any atom is 0.387 e. The van der Waals surface area contributed by atoms with Crippen molar-refractivity contribution >= 4 is 33.2 Å². The molecule has 0 bridgehead atoms. The Balaban J connectivity index is 1.46. The van der Waals surface area contributed by atoms with Crippen molar-refractivity contribution < 1.29 is 22.8 Å². The van der Waals surface area contributed by atoms with E-state index in [1.807, 2.05) is 17.5 Å². The predicted octanol–water partition coefficient (Wildman–Crippen LogP) is 4.80. The van der Waals surface area contributed by atoms with Gasteiger partial charge in [-0.3, -0.25) is 4.79 Å². The van der Waals surface area contributed by atoms with Crippen molar-refractivity contribution in [3.8, 4) is 16.5 Å². The number of hydrogen-bond donors (Lipinski definition) is 1. The third-order valence-corrected chi connectivity index (χ3v) is 5.08. The molecule has 0 spiro atoms. The van der Waals surface area contributed by atoms with Gasteiger partial charge in [-0.25, -0.2) is 0 Å². The first kappa shape index (κ1) is 20.4. The number of aromatic nitrogens is 2. The van der Waals surface area contributed by atoms with Crippen molar-refractivity contribution in [2.45, 2.75) is 32.4 Å². The van der Waals surface area contributed by atoms with Gasteiger partial charge in [0.15, 0.2) is 0 Å². The number of carbonyl (C=O) groups excluding carboxylic acids is 1. The third kappa shape index (κ3) is 5.83. The Morgan fingerprint density at radius 3 is 2.96 bits per heavy atom. The second-order valence-electron chi connectivity index (χ2n) is 5.75. The maximum absolute atomic E-state index is 12.5. The van der Waals surface area contributed by atoms with Crippen LogP contribution in [0.4, 0.5) is 8.78 Å². The Kier molecular flexibility index (Phi) is 7.10. The van der Waals surface area contributed by atoms with Gasteiger partial charge in [-0.05, 0) is 36.1 Å². The third-order valence-electron chi connectivity index (χ3n) is 3.72. The minimum absolute atomic E-state index is 0.0328. The molecule has 0 fully saturated rings. The van der Waals surface area contributed by atoms with Gasteiger partial charge in [0.2, 0.25) is 17.6 Å². The first-order valence-electron chi connectivity index (χ1n) is 8.37. The minimum Gasteiger partial charge on any atom is -0.434 e. The molecule has 1 aromatic carbocycles. The number of rotatable bonds is 9. The number of nitrogens with zero attached hydrogens (tertiary/aromatic N) is 2. The Labute approximate surface area is 172 Å². The molecule has 0 unspecified atom stereocenters. The van der Waals surface area contributed by atoms with Crippen LogP contribution in [0, 0.1) is 0 Å². The molecular formula is C18H16BrF2N3O3S. The summed E-state index contributed by atoms with van der Waals surface area (Å²) in [5.74, 6) is 0.831. The molecule has 3 rings (SSSR count). The normalized spacial score (nSPS) is 11.0. The highest BCUT2D eigenvalue weighted by Crippen LogP contribution is 2.25. The standard InChI is InChI=1S/C18H16BrF2N3O3S/c19-12-6-7-13(26-18(20)21)11(9-12)10-22-15(25)4-1-5-16-23-17(24-27-16)14-3-2-8-28-14/h2-3,6-9,18H,1,4-5,10H2,(H,22,25). The summed E-state index contributed by atoms with van der Waals surface area (Å²) in [7, 11) is 0. The molecule has 1 N–H and O–H groups in total. The van der Waals surface area contributed by atoms with Gasteiger partial charge in [0.05, 0.1) is 4.88 Å². The number of hydrogen-bond acceptors (Lipinski definition) is 6. The molecule has 0 radical (unpaired) electrons. The fourth-order valence-corrected chi connectivity index (χ4v) is 3.50. The zero-order valence-electron chi connectivity index (χ0n) is 14.5. The molecule has 0 aliphatic carbocycles. The summed E-state index contributed by atoms with van der Waals surface area (Å²) in [6.45, 7) is -2.84. The zero-order valence-corrected chi connectivity index (χ0v) is 16.9. The van der Waals surface area contributed by atoms with Crippen LogP contribution in [0.5, 0.6) is 5.75 Å². The lowest BCUT2D eigenvalue weighted by Crippen LogP contribution is -2.23. The van der Waals surface area contributed by atoms with Crippen molar-refractivity contribution in [3.63, 3.8) is 0 Å². The van der Waals surface area contributed by atoms with E-state index in [1.54, 1.807) is 12.1 Å². The molecule has 3 aromatic rings. The summed E-state index contributed by atoms with van der Waals surface area (Å²) in [6.07, 6.45) is 1.25. The molecule has 6 nitrogen and oxygen atoms in total. The van der Waals surface area contributed by atoms with E-state index in [-0.39, 0.29) is 24.6 Å². The number of nitrogens with one attached hydrogen (secondary N) is 1. The lowest BCUT2D eigenvalue weighted by atomic mass is 10.2. The van der Waals surface area contributed by atoms with Crippen LogP contribution in [0.3, 0.4) is 0 Å².